The van der Waals surface area contributed by atoms with Crippen molar-refractivity contribution in [1.29, 1.82) is 0 Å². The van der Waals surface area contributed by atoms with Crippen LogP contribution >= 0.6 is 11.8 Å². The van der Waals surface area contributed by atoms with E-state index in [4.69, 9.17) is 9.47 Å². The number of carbonyl (C=O) groups is 2. The van der Waals surface area contributed by atoms with Gasteiger partial charge < -0.3 is 9.47 Å². The molecule has 0 bridgehead atoms. The zero-order valence-electron chi connectivity index (χ0n) is 14.2. The molecular formula is C17H32O4S. The Kier molecular flexibility index (Phi) is 16.1. The fourth-order valence-electron chi connectivity index (χ4n) is 1.96. The molecule has 4 nitrogen and oxygen atoms in total. The maximum Gasteiger partial charge on any atom is 0.306 e. The van der Waals surface area contributed by atoms with E-state index in [2.05, 4.69) is 6.92 Å². The highest BCUT2D eigenvalue weighted by Gasteiger charge is 2.04. The Hall–Kier alpha value is -0.710. The molecule has 0 aliphatic carbocycles. The largest absolute Gasteiger partial charge is 0.466 e. The number of carbonyl (C=O) groups excluding carboxylic acids is 2. The number of esters is 2. The Morgan fingerprint density at radius 1 is 0.773 bits per heavy atom. The van der Waals surface area contributed by atoms with Crippen LogP contribution in [-0.2, 0) is 19.1 Å². The maximum absolute atomic E-state index is 11.5. The Balaban J connectivity index is 3.24. The van der Waals surface area contributed by atoms with Crippen molar-refractivity contribution in [3.8, 4) is 0 Å². The average molecular weight is 333 g/mol. The zero-order chi connectivity index (χ0) is 16.5. The number of unbranched alkanes of at least 4 members (excludes halogenated alkanes) is 6. The highest BCUT2D eigenvalue weighted by atomic mass is 32.2. The molecule has 0 amide bonds. The minimum absolute atomic E-state index is 0.130. The molecule has 0 fully saturated rings. The van der Waals surface area contributed by atoms with E-state index in [1.54, 1.807) is 18.7 Å². The summed E-state index contributed by atoms with van der Waals surface area (Å²) in [4.78, 5) is 22.6. The van der Waals surface area contributed by atoms with Gasteiger partial charge in [0.2, 0.25) is 0 Å². The van der Waals surface area contributed by atoms with Gasteiger partial charge in [-0.15, -0.1) is 0 Å². The highest BCUT2D eigenvalue weighted by Crippen LogP contribution is 2.08. The molecular weight excluding hydrogens is 300 g/mol. The van der Waals surface area contributed by atoms with E-state index in [0.717, 1.165) is 12.8 Å². The van der Waals surface area contributed by atoms with Crippen molar-refractivity contribution < 1.29 is 19.1 Å². The van der Waals surface area contributed by atoms with E-state index in [1.165, 1.54) is 32.1 Å². The summed E-state index contributed by atoms with van der Waals surface area (Å²) >= 11 is 1.59. The van der Waals surface area contributed by atoms with E-state index in [0.29, 0.717) is 37.6 Å². The molecule has 0 atom stereocenters. The first-order valence-electron chi connectivity index (χ1n) is 8.59. The smallest absolute Gasteiger partial charge is 0.306 e. The summed E-state index contributed by atoms with van der Waals surface area (Å²) in [7, 11) is 0. The van der Waals surface area contributed by atoms with Crippen LogP contribution in [0.4, 0.5) is 0 Å². The fraction of sp³-hybridized carbons (Fsp3) is 0.882. The first-order valence-corrected chi connectivity index (χ1v) is 9.75. The first-order chi connectivity index (χ1) is 10.7. The molecule has 0 heterocycles. The van der Waals surface area contributed by atoms with Crippen molar-refractivity contribution >= 4 is 23.7 Å². The summed E-state index contributed by atoms with van der Waals surface area (Å²) in [5, 5.41) is 0. The van der Waals surface area contributed by atoms with Crippen LogP contribution in [0.5, 0.6) is 0 Å². The summed E-state index contributed by atoms with van der Waals surface area (Å²) in [6, 6.07) is 0. The third kappa shape index (κ3) is 15.7. The zero-order valence-corrected chi connectivity index (χ0v) is 15.1. The van der Waals surface area contributed by atoms with Crippen molar-refractivity contribution in [2.75, 3.05) is 24.7 Å². The third-order valence-corrected chi connectivity index (χ3v) is 4.20. The van der Waals surface area contributed by atoms with Crippen molar-refractivity contribution in [2.45, 2.75) is 71.6 Å². The summed E-state index contributed by atoms with van der Waals surface area (Å²) in [5.41, 5.74) is 0. The van der Waals surface area contributed by atoms with Crippen LogP contribution in [0.1, 0.15) is 71.6 Å². The van der Waals surface area contributed by atoms with Crippen molar-refractivity contribution in [3.05, 3.63) is 0 Å². The van der Waals surface area contributed by atoms with Gasteiger partial charge in [-0.05, 0) is 13.3 Å². The van der Waals surface area contributed by atoms with Crippen molar-refractivity contribution in [1.82, 2.24) is 0 Å². The monoisotopic (exact) mass is 332 g/mol. The van der Waals surface area contributed by atoms with Crippen LogP contribution in [0.2, 0.25) is 0 Å². The molecule has 5 heteroatoms. The van der Waals surface area contributed by atoms with Gasteiger partial charge in [-0.3, -0.25) is 9.59 Å². The Morgan fingerprint density at radius 3 is 1.91 bits per heavy atom. The molecule has 0 saturated heterocycles. The number of ether oxygens (including phenoxy) is 2. The van der Waals surface area contributed by atoms with Gasteiger partial charge in [0.25, 0.3) is 0 Å². The predicted molar refractivity (Wildman–Crippen MR) is 92.1 cm³/mol. The summed E-state index contributed by atoms with van der Waals surface area (Å²) in [6.45, 7) is 4.98. The van der Waals surface area contributed by atoms with Crippen LogP contribution in [0.25, 0.3) is 0 Å². The van der Waals surface area contributed by atoms with Gasteiger partial charge in [-0.2, -0.15) is 11.8 Å². The molecule has 0 aromatic carbocycles. The second kappa shape index (κ2) is 16.7. The van der Waals surface area contributed by atoms with Crippen LogP contribution in [0.3, 0.4) is 0 Å². The predicted octanol–water partition coefficient (Wildman–Crippen LogP) is 4.36. The second-order valence-electron chi connectivity index (χ2n) is 5.26. The standard InChI is InChI=1S/C17H32O4S/c1-3-5-6-7-8-9-10-13-21-17(19)12-15-22-14-11-16(18)20-4-2/h3-15H2,1-2H3. The lowest BCUT2D eigenvalue weighted by atomic mass is 10.1. The lowest BCUT2D eigenvalue weighted by Gasteiger charge is -2.05. The van der Waals surface area contributed by atoms with E-state index in [1.807, 2.05) is 0 Å². The third-order valence-electron chi connectivity index (χ3n) is 3.22. The minimum atomic E-state index is -0.170. The quantitative estimate of drug-likeness (QED) is 0.329. The molecule has 0 aromatic rings. The topological polar surface area (TPSA) is 52.6 Å². The molecule has 0 rings (SSSR count). The van der Waals surface area contributed by atoms with Gasteiger partial charge >= 0.3 is 11.9 Å². The average Bonchev–Trinajstić information content (AvgIpc) is 2.50. The number of hydrogen-bond donors (Lipinski definition) is 0. The molecule has 22 heavy (non-hydrogen) atoms. The molecule has 0 aromatic heterocycles. The molecule has 0 aliphatic heterocycles. The Labute approximate surface area is 139 Å². The molecule has 0 aliphatic rings. The molecule has 0 radical (unpaired) electrons. The maximum atomic E-state index is 11.5. The van der Waals surface area contributed by atoms with Crippen LogP contribution in [0.15, 0.2) is 0 Å². The van der Waals surface area contributed by atoms with Gasteiger partial charge in [0.15, 0.2) is 0 Å². The highest BCUT2D eigenvalue weighted by molar-refractivity contribution is 7.99. The normalized spacial score (nSPS) is 10.5. The summed E-state index contributed by atoms with van der Waals surface area (Å²) in [6.07, 6.45) is 9.38. The van der Waals surface area contributed by atoms with Crippen LogP contribution in [-0.4, -0.2) is 36.7 Å². The molecule has 0 unspecified atom stereocenters. The lowest BCUT2D eigenvalue weighted by molar-refractivity contribution is -0.143. The fourth-order valence-corrected chi connectivity index (χ4v) is 2.79. The Morgan fingerprint density at radius 2 is 1.32 bits per heavy atom. The van der Waals surface area contributed by atoms with Crippen LogP contribution in [0, 0.1) is 0 Å². The number of thioether (sulfide) groups is 1. The van der Waals surface area contributed by atoms with E-state index < -0.39 is 0 Å². The summed E-state index contributed by atoms with van der Waals surface area (Å²) in [5.74, 6) is 1.10. The lowest BCUT2D eigenvalue weighted by Crippen LogP contribution is -2.08. The second-order valence-corrected chi connectivity index (χ2v) is 6.48. The van der Waals surface area contributed by atoms with Gasteiger partial charge in [-0.1, -0.05) is 45.4 Å². The SMILES string of the molecule is CCCCCCCCCOC(=O)CCSCCC(=O)OCC. The van der Waals surface area contributed by atoms with Crippen molar-refractivity contribution in [2.24, 2.45) is 0 Å². The van der Waals surface area contributed by atoms with E-state index in [9.17, 15) is 9.59 Å². The number of hydrogen-bond acceptors (Lipinski definition) is 5. The minimum Gasteiger partial charge on any atom is -0.466 e. The molecule has 0 N–H and O–H groups in total. The first kappa shape index (κ1) is 21.3. The molecule has 0 spiro atoms. The molecule has 130 valence electrons. The Bertz CT molecular complexity index is 282. The molecule has 0 saturated carbocycles. The van der Waals surface area contributed by atoms with E-state index >= 15 is 0 Å². The van der Waals surface area contributed by atoms with Gasteiger partial charge in [0.05, 0.1) is 26.1 Å². The van der Waals surface area contributed by atoms with Gasteiger partial charge in [0, 0.05) is 11.5 Å². The van der Waals surface area contributed by atoms with Crippen molar-refractivity contribution in [3.63, 3.8) is 0 Å². The van der Waals surface area contributed by atoms with E-state index in [-0.39, 0.29) is 11.9 Å². The van der Waals surface area contributed by atoms with Gasteiger partial charge in [-0.25, -0.2) is 0 Å². The van der Waals surface area contributed by atoms with Crippen LogP contribution < -0.4 is 0 Å². The summed E-state index contributed by atoms with van der Waals surface area (Å²) < 4.78 is 10.0. The number of rotatable bonds is 15. The van der Waals surface area contributed by atoms with Gasteiger partial charge in [0.1, 0.15) is 0 Å².